The number of pyridine rings is 1. The first kappa shape index (κ1) is 20.2. The Kier molecular flexibility index (Phi) is 6.56. The molecule has 1 heterocycles. The second-order valence-corrected chi connectivity index (χ2v) is 6.19. The van der Waals surface area contributed by atoms with Crippen molar-refractivity contribution in [3.63, 3.8) is 0 Å². The molecule has 0 aromatic carbocycles. The average molecular weight is 350 g/mol. The fourth-order valence-corrected chi connectivity index (χ4v) is 1.90. The molecule has 1 amide bonds. The standard InChI is InChI=1S/C15H21F3N2O4/c1-14(2,3)24-13(23)20-7-5-11(21)12(22)9-8-19-6-4-10(9)15(16,17)18/h4,6,8,11-12,21-22H,5,7H2,1-3H3,(H,20,23). The summed E-state index contributed by atoms with van der Waals surface area (Å²) < 4.78 is 43.7. The number of hydrogen-bond acceptors (Lipinski definition) is 5. The Bertz CT molecular complexity index is 558. The Morgan fingerprint density at radius 2 is 1.96 bits per heavy atom. The van der Waals surface area contributed by atoms with E-state index < -0.39 is 41.2 Å². The number of aliphatic hydroxyl groups is 2. The predicted molar refractivity (Wildman–Crippen MR) is 79.1 cm³/mol. The van der Waals surface area contributed by atoms with Gasteiger partial charge in [0, 0.05) is 24.5 Å². The highest BCUT2D eigenvalue weighted by molar-refractivity contribution is 5.67. The molecule has 0 radical (unpaired) electrons. The van der Waals surface area contributed by atoms with E-state index in [-0.39, 0.29) is 13.0 Å². The van der Waals surface area contributed by atoms with Gasteiger partial charge in [-0.1, -0.05) is 0 Å². The number of ether oxygens (including phenoxy) is 1. The molecule has 0 saturated carbocycles. The molecule has 0 aliphatic carbocycles. The van der Waals surface area contributed by atoms with Crippen molar-refractivity contribution in [3.8, 4) is 0 Å². The van der Waals surface area contributed by atoms with Crippen molar-refractivity contribution in [2.45, 2.75) is 51.2 Å². The molecular formula is C15H21F3N2O4. The number of carbonyl (C=O) groups is 1. The Balaban J connectivity index is 2.63. The number of alkyl carbamates (subject to hydrolysis) is 1. The highest BCUT2D eigenvalue weighted by Crippen LogP contribution is 2.35. The number of halogens is 3. The third-order valence-corrected chi connectivity index (χ3v) is 2.95. The van der Waals surface area contributed by atoms with Gasteiger partial charge < -0.3 is 20.3 Å². The van der Waals surface area contributed by atoms with Crippen molar-refractivity contribution < 1.29 is 32.9 Å². The largest absolute Gasteiger partial charge is 0.444 e. The van der Waals surface area contributed by atoms with Crippen LogP contribution in [0.3, 0.4) is 0 Å². The summed E-state index contributed by atoms with van der Waals surface area (Å²) in [5, 5.41) is 22.2. The molecule has 2 unspecified atom stereocenters. The summed E-state index contributed by atoms with van der Waals surface area (Å²) in [5.41, 5.74) is -2.28. The lowest BCUT2D eigenvalue weighted by atomic mass is 9.99. The number of carbonyl (C=O) groups excluding carboxylic acids is 1. The fourth-order valence-electron chi connectivity index (χ4n) is 1.90. The number of aromatic nitrogens is 1. The maximum absolute atomic E-state index is 12.9. The van der Waals surface area contributed by atoms with Gasteiger partial charge in [0.05, 0.1) is 11.7 Å². The minimum Gasteiger partial charge on any atom is -0.444 e. The van der Waals surface area contributed by atoms with Gasteiger partial charge in [0.25, 0.3) is 0 Å². The molecule has 136 valence electrons. The van der Waals surface area contributed by atoms with Gasteiger partial charge in [-0.25, -0.2) is 4.79 Å². The van der Waals surface area contributed by atoms with Crippen LogP contribution in [0.1, 0.15) is 44.4 Å². The Hall–Kier alpha value is -1.87. The third-order valence-electron chi connectivity index (χ3n) is 2.95. The van der Waals surface area contributed by atoms with Gasteiger partial charge in [0.15, 0.2) is 0 Å². The first-order valence-electron chi connectivity index (χ1n) is 7.26. The van der Waals surface area contributed by atoms with E-state index in [1.807, 2.05) is 0 Å². The molecule has 1 aromatic heterocycles. The number of nitrogens with zero attached hydrogens (tertiary/aromatic N) is 1. The van der Waals surface area contributed by atoms with Crippen LogP contribution in [0, 0.1) is 0 Å². The first-order valence-corrected chi connectivity index (χ1v) is 7.26. The van der Waals surface area contributed by atoms with Gasteiger partial charge in [0.2, 0.25) is 0 Å². The molecule has 1 rings (SSSR count). The third kappa shape index (κ3) is 6.32. The molecule has 0 saturated heterocycles. The SMILES string of the molecule is CC(C)(C)OC(=O)NCCC(O)C(O)c1cnccc1C(F)(F)F. The summed E-state index contributed by atoms with van der Waals surface area (Å²) >= 11 is 0. The second-order valence-electron chi connectivity index (χ2n) is 6.19. The molecule has 0 fully saturated rings. The molecule has 24 heavy (non-hydrogen) atoms. The van der Waals surface area contributed by atoms with Gasteiger partial charge in [0.1, 0.15) is 11.7 Å². The molecular weight excluding hydrogens is 329 g/mol. The lowest BCUT2D eigenvalue weighted by Gasteiger charge is -2.22. The highest BCUT2D eigenvalue weighted by Gasteiger charge is 2.36. The van der Waals surface area contributed by atoms with Crippen molar-refractivity contribution in [2.24, 2.45) is 0 Å². The molecule has 0 bridgehead atoms. The first-order chi connectivity index (χ1) is 10.9. The van der Waals surface area contributed by atoms with Crippen molar-refractivity contribution in [2.75, 3.05) is 6.54 Å². The molecule has 1 aromatic rings. The van der Waals surface area contributed by atoms with E-state index in [0.29, 0.717) is 0 Å². The van der Waals surface area contributed by atoms with Crippen LogP contribution in [0.2, 0.25) is 0 Å². The van der Waals surface area contributed by atoms with Crippen molar-refractivity contribution in [1.29, 1.82) is 0 Å². The van der Waals surface area contributed by atoms with Crippen LogP contribution >= 0.6 is 0 Å². The molecule has 2 atom stereocenters. The van der Waals surface area contributed by atoms with E-state index in [9.17, 15) is 28.2 Å². The van der Waals surface area contributed by atoms with Crippen LogP contribution in [0.5, 0.6) is 0 Å². The van der Waals surface area contributed by atoms with Crippen LogP contribution in [0.25, 0.3) is 0 Å². The molecule has 3 N–H and O–H groups in total. The van der Waals surface area contributed by atoms with Crippen molar-refractivity contribution >= 4 is 6.09 Å². The van der Waals surface area contributed by atoms with E-state index >= 15 is 0 Å². The van der Waals surface area contributed by atoms with Crippen LogP contribution < -0.4 is 5.32 Å². The summed E-state index contributed by atoms with van der Waals surface area (Å²) in [6, 6.07) is 0.726. The van der Waals surface area contributed by atoms with Crippen LogP contribution in [-0.2, 0) is 10.9 Å². The number of hydrogen-bond donors (Lipinski definition) is 3. The molecule has 9 heteroatoms. The highest BCUT2D eigenvalue weighted by atomic mass is 19.4. The van der Waals surface area contributed by atoms with Crippen LogP contribution in [0.15, 0.2) is 18.5 Å². The molecule has 0 aliphatic rings. The fraction of sp³-hybridized carbons (Fsp3) is 0.600. The van der Waals surface area contributed by atoms with Gasteiger partial charge in [-0.3, -0.25) is 4.98 Å². The van der Waals surface area contributed by atoms with E-state index in [1.165, 1.54) is 0 Å². The quantitative estimate of drug-likeness (QED) is 0.758. The lowest BCUT2D eigenvalue weighted by molar-refractivity contribution is -0.140. The minimum absolute atomic E-state index is 0.0746. The van der Waals surface area contributed by atoms with Gasteiger partial charge in [-0.15, -0.1) is 0 Å². The topological polar surface area (TPSA) is 91.7 Å². The van der Waals surface area contributed by atoms with Gasteiger partial charge in [-0.2, -0.15) is 13.2 Å². The zero-order chi connectivity index (χ0) is 18.5. The summed E-state index contributed by atoms with van der Waals surface area (Å²) in [4.78, 5) is 15.0. The van der Waals surface area contributed by atoms with E-state index in [0.717, 1.165) is 18.5 Å². The van der Waals surface area contributed by atoms with Crippen molar-refractivity contribution in [1.82, 2.24) is 10.3 Å². The van der Waals surface area contributed by atoms with E-state index in [1.54, 1.807) is 20.8 Å². The van der Waals surface area contributed by atoms with E-state index in [2.05, 4.69) is 10.3 Å². The van der Waals surface area contributed by atoms with Crippen LogP contribution in [-0.4, -0.2) is 39.5 Å². The maximum atomic E-state index is 12.9. The van der Waals surface area contributed by atoms with Gasteiger partial charge in [-0.05, 0) is 33.3 Å². The molecule has 0 aliphatic heterocycles. The lowest BCUT2D eigenvalue weighted by Crippen LogP contribution is -2.34. The summed E-state index contributed by atoms with van der Waals surface area (Å²) in [6.07, 6.45) is -7.03. The summed E-state index contributed by atoms with van der Waals surface area (Å²) in [5.74, 6) is 0. The average Bonchev–Trinajstić information content (AvgIpc) is 2.43. The maximum Gasteiger partial charge on any atom is 0.416 e. The predicted octanol–water partition coefficient (Wildman–Crippen LogP) is 2.41. The van der Waals surface area contributed by atoms with E-state index in [4.69, 9.17) is 4.74 Å². The number of amides is 1. The normalized spacial score (nSPS) is 14.8. The number of aliphatic hydroxyl groups excluding tert-OH is 2. The Labute approximate surface area is 137 Å². The van der Waals surface area contributed by atoms with Crippen molar-refractivity contribution in [3.05, 3.63) is 29.6 Å². The van der Waals surface area contributed by atoms with Crippen LogP contribution in [0.4, 0.5) is 18.0 Å². The molecule has 0 spiro atoms. The number of rotatable bonds is 5. The summed E-state index contributed by atoms with van der Waals surface area (Å²) in [6.45, 7) is 4.94. The monoisotopic (exact) mass is 350 g/mol. The number of alkyl halides is 3. The summed E-state index contributed by atoms with van der Waals surface area (Å²) in [7, 11) is 0. The molecule has 6 nitrogen and oxygen atoms in total. The Morgan fingerprint density at radius 3 is 2.50 bits per heavy atom. The Morgan fingerprint density at radius 1 is 1.33 bits per heavy atom. The minimum atomic E-state index is -4.67. The zero-order valence-corrected chi connectivity index (χ0v) is 13.6. The smallest absolute Gasteiger partial charge is 0.416 e. The second kappa shape index (κ2) is 7.80. The van der Waals surface area contributed by atoms with Gasteiger partial charge >= 0.3 is 12.3 Å². The zero-order valence-electron chi connectivity index (χ0n) is 13.6. The number of nitrogens with one attached hydrogen (secondary N) is 1.